The van der Waals surface area contributed by atoms with Crippen LogP contribution in [0, 0.1) is 20.2 Å². The second kappa shape index (κ2) is 13.3. The first-order valence-corrected chi connectivity index (χ1v) is 11.4. The molecule has 3 rings (SSSR count). The Hall–Kier alpha value is -5.00. The highest BCUT2D eigenvalue weighted by Gasteiger charge is 2.15. The minimum atomic E-state index is -0.878. The van der Waals surface area contributed by atoms with Crippen LogP contribution in [0.15, 0.2) is 72.3 Å². The predicted octanol–water partition coefficient (Wildman–Crippen LogP) is 4.34. The molecule has 0 spiro atoms. The first-order chi connectivity index (χ1) is 18.2. The van der Waals surface area contributed by atoms with Crippen molar-refractivity contribution in [3.8, 4) is 11.5 Å². The topological polar surface area (TPSA) is 157 Å². The fourth-order valence-electron chi connectivity index (χ4n) is 3.53. The maximum absolute atomic E-state index is 12.4. The van der Waals surface area contributed by atoms with Gasteiger partial charge in [0.1, 0.15) is 24.7 Å². The van der Waals surface area contributed by atoms with Gasteiger partial charge in [0, 0.05) is 5.56 Å². The van der Waals surface area contributed by atoms with Gasteiger partial charge in [-0.25, -0.2) is 0 Å². The molecule has 38 heavy (non-hydrogen) atoms. The third kappa shape index (κ3) is 8.90. The van der Waals surface area contributed by atoms with Crippen molar-refractivity contribution in [2.75, 3.05) is 6.61 Å². The summed E-state index contributed by atoms with van der Waals surface area (Å²) in [6.07, 6.45) is 6.03. The zero-order chi connectivity index (χ0) is 27.5. The Balaban J connectivity index is 1.53. The molecule has 0 aliphatic heterocycles. The van der Waals surface area contributed by atoms with Crippen LogP contribution in [0.2, 0.25) is 0 Å². The molecule has 0 radical (unpaired) electrons. The normalized spacial score (nSPS) is 12.4. The fourth-order valence-corrected chi connectivity index (χ4v) is 3.53. The van der Waals surface area contributed by atoms with E-state index in [0.29, 0.717) is 29.5 Å². The van der Waals surface area contributed by atoms with Crippen molar-refractivity contribution < 1.29 is 38.9 Å². The van der Waals surface area contributed by atoms with E-state index in [4.69, 9.17) is 9.47 Å². The Morgan fingerprint density at radius 3 is 2.05 bits per heavy atom. The molecule has 2 aromatic carbocycles. The quantitative estimate of drug-likeness (QED) is 0.160. The lowest BCUT2D eigenvalue weighted by molar-refractivity contribution is -0.763. The molecule has 0 unspecified atom stereocenters. The van der Waals surface area contributed by atoms with Gasteiger partial charge in [0.25, 0.3) is 10.2 Å². The van der Waals surface area contributed by atoms with Crippen molar-refractivity contribution in [1.29, 1.82) is 0 Å². The number of rotatable bonds is 13. The highest BCUT2D eigenvalue weighted by molar-refractivity contribution is 5.78. The van der Waals surface area contributed by atoms with E-state index in [1.807, 2.05) is 0 Å². The average Bonchev–Trinajstić information content (AvgIpc) is 2.88. The number of nitrogens with zero attached hydrogens (tertiary/aromatic N) is 2. The van der Waals surface area contributed by atoms with Crippen molar-refractivity contribution in [1.82, 2.24) is 0 Å². The van der Waals surface area contributed by atoms with Crippen LogP contribution in [0.1, 0.15) is 36.0 Å². The maximum atomic E-state index is 12.4. The van der Waals surface area contributed by atoms with Crippen LogP contribution in [0.5, 0.6) is 11.5 Å². The monoisotopic (exact) mass is 524 g/mol. The molecule has 0 aromatic heterocycles. The van der Waals surface area contributed by atoms with Gasteiger partial charge in [0.15, 0.2) is 0 Å². The van der Waals surface area contributed by atoms with Crippen molar-refractivity contribution >= 4 is 18.0 Å². The molecule has 0 N–H and O–H groups in total. The molecule has 1 aliphatic carbocycles. The number of carbonyl (C=O) groups is 2. The first-order valence-electron chi connectivity index (χ1n) is 11.4. The summed E-state index contributed by atoms with van der Waals surface area (Å²) in [6, 6.07) is 11.1. The second-order valence-electron chi connectivity index (χ2n) is 8.17. The molecular formula is C26H24N2O10. The molecule has 2 aromatic rings. The van der Waals surface area contributed by atoms with E-state index in [1.54, 1.807) is 36.4 Å². The van der Waals surface area contributed by atoms with Crippen LogP contribution < -0.4 is 9.47 Å². The summed E-state index contributed by atoms with van der Waals surface area (Å²) in [5.74, 6) is -0.525. The Morgan fingerprint density at radius 1 is 0.816 bits per heavy atom. The van der Waals surface area contributed by atoms with Gasteiger partial charge < -0.3 is 19.1 Å². The van der Waals surface area contributed by atoms with Crippen molar-refractivity contribution in [2.24, 2.45) is 0 Å². The minimum Gasteiger partial charge on any atom is -0.426 e. The molecule has 1 aliphatic rings. The van der Waals surface area contributed by atoms with Gasteiger partial charge in [-0.05, 0) is 47.7 Å². The highest BCUT2D eigenvalue weighted by Crippen LogP contribution is 2.27. The Kier molecular flexibility index (Phi) is 9.69. The molecule has 198 valence electrons. The molecule has 0 amide bonds. The SMILES string of the molecule is C=Cc1cc(OC(=O)CC2=CC=C(CO[N+](=O)[O-])CC2)ccc1OC(=O)Cc1ccc(CO[N+](=O)[O-])cc1. The van der Waals surface area contributed by atoms with Gasteiger partial charge in [0.05, 0.1) is 12.8 Å². The van der Waals surface area contributed by atoms with Crippen LogP contribution in [0.3, 0.4) is 0 Å². The van der Waals surface area contributed by atoms with Gasteiger partial charge in [-0.2, -0.15) is 0 Å². The van der Waals surface area contributed by atoms with E-state index in [-0.39, 0.29) is 37.6 Å². The van der Waals surface area contributed by atoms with Crippen molar-refractivity contribution in [2.45, 2.75) is 32.3 Å². The van der Waals surface area contributed by atoms with Crippen LogP contribution in [-0.2, 0) is 32.3 Å². The molecule has 0 fully saturated rings. The Bertz CT molecular complexity index is 1280. The highest BCUT2D eigenvalue weighted by atomic mass is 17.0. The largest absolute Gasteiger partial charge is 0.426 e. The predicted molar refractivity (Wildman–Crippen MR) is 133 cm³/mol. The molecule has 0 atom stereocenters. The smallest absolute Gasteiger partial charge is 0.315 e. The van der Waals surface area contributed by atoms with Gasteiger partial charge in [0.2, 0.25) is 0 Å². The first kappa shape index (κ1) is 27.6. The minimum absolute atomic E-state index is 0.0346. The summed E-state index contributed by atoms with van der Waals surface area (Å²) < 4.78 is 10.9. The van der Waals surface area contributed by atoms with E-state index >= 15 is 0 Å². The number of hydrogen-bond acceptors (Lipinski definition) is 10. The Labute approximate surface area is 217 Å². The van der Waals surface area contributed by atoms with Crippen LogP contribution >= 0.6 is 0 Å². The summed E-state index contributed by atoms with van der Waals surface area (Å²) in [7, 11) is 0. The number of carbonyl (C=O) groups excluding carboxylic acids is 2. The summed E-state index contributed by atoms with van der Waals surface area (Å²) >= 11 is 0. The molecule has 0 heterocycles. The maximum Gasteiger partial charge on any atom is 0.315 e. The van der Waals surface area contributed by atoms with Crippen LogP contribution in [-0.4, -0.2) is 28.7 Å². The van der Waals surface area contributed by atoms with Gasteiger partial charge in [-0.1, -0.05) is 54.6 Å². The molecule has 0 saturated carbocycles. The Morgan fingerprint density at radius 2 is 1.42 bits per heavy atom. The summed E-state index contributed by atoms with van der Waals surface area (Å²) in [4.78, 5) is 54.0. The number of esters is 2. The average molecular weight is 524 g/mol. The third-order valence-electron chi connectivity index (χ3n) is 5.41. The number of benzene rings is 2. The molecular weight excluding hydrogens is 500 g/mol. The third-order valence-corrected chi connectivity index (χ3v) is 5.41. The van der Waals surface area contributed by atoms with Crippen LogP contribution in [0.4, 0.5) is 0 Å². The summed E-state index contributed by atoms with van der Waals surface area (Å²) in [5.41, 5.74) is 3.27. The van der Waals surface area contributed by atoms with E-state index in [1.165, 1.54) is 24.3 Å². The fraction of sp³-hybridized carbons (Fsp3) is 0.231. The van der Waals surface area contributed by atoms with Crippen molar-refractivity contribution in [3.63, 3.8) is 0 Å². The lowest BCUT2D eigenvalue weighted by atomic mass is 9.97. The lowest BCUT2D eigenvalue weighted by Gasteiger charge is -2.14. The number of ether oxygens (including phenoxy) is 2. The lowest BCUT2D eigenvalue weighted by Crippen LogP contribution is -2.13. The van der Waals surface area contributed by atoms with E-state index < -0.39 is 22.1 Å². The molecule has 0 saturated heterocycles. The van der Waals surface area contributed by atoms with E-state index in [9.17, 15) is 29.8 Å². The zero-order valence-electron chi connectivity index (χ0n) is 20.2. The summed E-state index contributed by atoms with van der Waals surface area (Å²) in [6.45, 7) is 3.42. The van der Waals surface area contributed by atoms with E-state index in [0.717, 1.165) is 11.1 Å². The van der Waals surface area contributed by atoms with Crippen LogP contribution in [0.25, 0.3) is 6.08 Å². The zero-order valence-corrected chi connectivity index (χ0v) is 20.2. The standard InChI is InChI=1S/C26H24N2O10/c1-2-22-15-23(37-25(29)13-18-3-7-20(8-4-18)16-35-27(31)32)11-12-24(22)38-26(30)14-19-5-9-21(10-6-19)17-36-28(33)34/h2-3,5-7,9-12,15H,1,4,8,13-14,16-17H2. The number of hydrogen-bond donors (Lipinski definition) is 0. The summed E-state index contributed by atoms with van der Waals surface area (Å²) in [5, 5.41) is 18.8. The van der Waals surface area contributed by atoms with Gasteiger partial charge in [-0.3, -0.25) is 9.59 Å². The molecule has 12 heteroatoms. The second-order valence-corrected chi connectivity index (χ2v) is 8.17. The number of allylic oxidation sites excluding steroid dienone is 2. The van der Waals surface area contributed by atoms with Gasteiger partial charge in [-0.15, -0.1) is 20.2 Å². The van der Waals surface area contributed by atoms with Crippen molar-refractivity contribution in [3.05, 3.63) is 109 Å². The van der Waals surface area contributed by atoms with Gasteiger partial charge >= 0.3 is 11.9 Å². The van der Waals surface area contributed by atoms with E-state index in [2.05, 4.69) is 16.3 Å². The molecule has 0 bridgehead atoms. The molecule has 12 nitrogen and oxygen atoms in total.